The molecule has 1 aromatic rings. The van der Waals surface area contributed by atoms with Crippen LogP contribution in [0.5, 0.6) is 0 Å². The fourth-order valence-electron chi connectivity index (χ4n) is 0.725. The summed E-state index contributed by atoms with van der Waals surface area (Å²) in [5, 5.41) is 10.9. The van der Waals surface area contributed by atoms with Gasteiger partial charge in [0, 0.05) is 11.8 Å². The number of aliphatic hydroxyl groups excluding tert-OH is 1. The molecule has 0 radical (unpaired) electrons. The van der Waals surface area contributed by atoms with Crippen molar-refractivity contribution in [1.82, 2.24) is 10.4 Å². The smallest absolute Gasteiger partial charge is 0.263 e. The first kappa shape index (κ1) is 9.11. The summed E-state index contributed by atoms with van der Waals surface area (Å²) >= 11 is 1.42. The molecule has 1 amide bonds. The number of hydrazine groups is 1. The lowest BCUT2D eigenvalue weighted by atomic mass is 10.2. The van der Waals surface area contributed by atoms with Gasteiger partial charge in [0.1, 0.15) is 6.10 Å². The van der Waals surface area contributed by atoms with Gasteiger partial charge in [-0.15, -0.1) is 11.3 Å². The highest BCUT2D eigenvalue weighted by Gasteiger charge is 2.14. The molecule has 12 heavy (non-hydrogen) atoms. The number of carbonyl (C=O) groups excluding carboxylic acids is 1. The Labute approximate surface area is 73.2 Å². The van der Waals surface area contributed by atoms with Gasteiger partial charge < -0.3 is 5.11 Å². The van der Waals surface area contributed by atoms with E-state index >= 15 is 0 Å². The maximum Gasteiger partial charge on any atom is 0.263 e. The fourth-order valence-corrected chi connectivity index (χ4v) is 1.30. The topological polar surface area (TPSA) is 88.2 Å². The molecule has 66 valence electrons. The molecule has 1 atom stereocenters. The molecule has 6 heteroatoms. The molecule has 1 heterocycles. The Kier molecular flexibility index (Phi) is 3.15. The maximum atomic E-state index is 10.7. The van der Waals surface area contributed by atoms with Crippen LogP contribution in [0.1, 0.15) is 5.69 Å². The van der Waals surface area contributed by atoms with Gasteiger partial charge in [-0.1, -0.05) is 0 Å². The third kappa shape index (κ3) is 2.26. The number of carbonyl (C=O) groups is 1. The van der Waals surface area contributed by atoms with Gasteiger partial charge in [0.15, 0.2) is 0 Å². The number of nitrogens with zero attached hydrogens (tertiary/aromatic N) is 1. The van der Waals surface area contributed by atoms with Crippen molar-refractivity contribution in [2.75, 3.05) is 0 Å². The highest BCUT2D eigenvalue weighted by molar-refractivity contribution is 7.07. The first-order valence-electron chi connectivity index (χ1n) is 3.29. The highest BCUT2D eigenvalue weighted by Crippen LogP contribution is 2.03. The van der Waals surface area contributed by atoms with Crippen LogP contribution < -0.4 is 11.3 Å². The predicted octanol–water partition coefficient (Wildman–Crippen LogP) is -0.964. The van der Waals surface area contributed by atoms with Crippen LogP contribution in [-0.4, -0.2) is 22.1 Å². The molecule has 1 aromatic heterocycles. The van der Waals surface area contributed by atoms with Crippen LogP contribution in [0, 0.1) is 0 Å². The van der Waals surface area contributed by atoms with Gasteiger partial charge in [0.25, 0.3) is 5.91 Å². The van der Waals surface area contributed by atoms with Crippen molar-refractivity contribution in [3.63, 3.8) is 0 Å². The van der Waals surface area contributed by atoms with E-state index in [1.54, 1.807) is 10.9 Å². The number of aliphatic hydroxyl groups is 1. The quantitative estimate of drug-likeness (QED) is 0.323. The molecule has 0 aliphatic rings. The third-order valence-corrected chi connectivity index (χ3v) is 1.97. The number of rotatable bonds is 3. The Morgan fingerprint density at radius 3 is 3.17 bits per heavy atom. The van der Waals surface area contributed by atoms with Crippen LogP contribution in [0.25, 0.3) is 0 Å². The summed E-state index contributed by atoms with van der Waals surface area (Å²) in [5.74, 6) is 4.23. The number of nitrogens with one attached hydrogen (secondary N) is 1. The van der Waals surface area contributed by atoms with Gasteiger partial charge in [-0.05, 0) is 0 Å². The van der Waals surface area contributed by atoms with Crippen LogP contribution in [-0.2, 0) is 11.2 Å². The van der Waals surface area contributed by atoms with Gasteiger partial charge >= 0.3 is 0 Å². The molecule has 0 bridgehead atoms. The second-order valence-electron chi connectivity index (χ2n) is 2.21. The van der Waals surface area contributed by atoms with Crippen molar-refractivity contribution >= 4 is 17.2 Å². The van der Waals surface area contributed by atoms with E-state index in [2.05, 4.69) is 4.98 Å². The molecule has 0 spiro atoms. The van der Waals surface area contributed by atoms with E-state index in [0.717, 1.165) is 0 Å². The Morgan fingerprint density at radius 2 is 2.67 bits per heavy atom. The van der Waals surface area contributed by atoms with E-state index in [1.807, 2.05) is 5.43 Å². The summed E-state index contributed by atoms with van der Waals surface area (Å²) in [6.45, 7) is 0. The Balaban J connectivity index is 2.47. The Hall–Kier alpha value is -0.980. The van der Waals surface area contributed by atoms with E-state index < -0.39 is 12.0 Å². The van der Waals surface area contributed by atoms with Crippen molar-refractivity contribution in [3.8, 4) is 0 Å². The average molecular weight is 187 g/mol. The molecule has 0 fully saturated rings. The minimum Gasteiger partial charge on any atom is -0.383 e. The van der Waals surface area contributed by atoms with Crippen molar-refractivity contribution in [2.45, 2.75) is 12.5 Å². The lowest BCUT2D eigenvalue weighted by Gasteiger charge is -2.05. The van der Waals surface area contributed by atoms with E-state index in [4.69, 9.17) is 10.9 Å². The Morgan fingerprint density at radius 1 is 1.92 bits per heavy atom. The number of hydrogen-bond acceptors (Lipinski definition) is 5. The Bertz CT molecular complexity index is 249. The summed E-state index contributed by atoms with van der Waals surface area (Å²) < 4.78 is 0. The van der Waals surface area contributed by atoms with Crippen molar-refractivity contribution in [1.29, 1.82) is 0 Å². The van der Waals surface area contributed by atoms with Crippen LogP contribution in [0.2, 0.25) is 0 Å². The molecule has 0 aromatic carbocycles. The molecule has 0 aliphatic heterocycles. The van der Waals surface area contributed by atoms with Crippen molar-refractivity contribution < 1.29 is 9.90 Å². The molecule has 0 unspecified atom stereocenters. The molecule has 0 saturated heterocycles. The zero-order chi connectivity index (χ0) is 8.97. The molecule has 0 saturated carbocycles. The summed E-state index contributed by atoms with van der Waals surface area (Å²) in [6, 6.07) is 0. The fraction of sp³-hybridized carbons (Fsp3) is 0.333. The lowest BCUT2D eigenvalue weighted by molar-refractivity contribution is -0.129. The van der Waals surface area contributed by atoms with Gasteiger partial charge in [-0.3, -0.25) is 10.2 Å². The minimum absolute atomic E-state index is 0.201. The van der Waals surface area contributed by atoms with E-state index in [9.17, 15) is 4.79 Å². The lowest BCUT2D eigenvalue weighted by Crippen LogP contribution is -2.40. The average Bonchev–Trinajstić information content (AvgIpc) is 2.55. The molecule has 0 aliphatic carbocycles. The van der Waals surface area contributed by atoms with Crippen LogP contribution in [0.4, 0.5) is 0 Å². The van der Waals surface area contributed by atoms with Crippen LogP contribution in [0.15, 0.2) is 10.9 Å². The largest absolute Gasteiger partial charge is 0.383 e. The zero-order valence-corrected chi connectivity index (χ0v) is 7.04. The highest BCUT2D eigenvalue weighted by atomic mass is 32.1. The van der Waals surface area contributed by atoms with Crippen LogP contribution >= 0.6 is 11.3 Å². The second kappa shape index (κ2) is 4.15. The second-order valence-corrected chi connectivity index (χ2v) is 2.93. The minimum atomic E-state index is -1.11. The van der Waals surface area contributed by atoms with Gasteiger partial charge in [-0.25, -0.2) is 10.8 Å². The zero-order valence-electron chi connectivity index (χ0n) is 6.23. The molecule has 1 rings (SSSR count). The van der Waals surface area contributed by atoms with Crippen molar-refractivity contribution in [3.05, 3.63) is 16.6 Å². The first-order chi connectivity index (χ1) is 5.74. The number of thiazole rings is 1. The van der Waals surface area contributed by atoms with E-state index in [1.165, 1.54) is 11.3 Å². The van der Waals surface area contributed by atoms with Crippen LogP contribution in [0.3, 0.4) is 0 Å². The van der Waals surface area contributed by atoms with Gasteiger partial charge in [0.05, 0.1) is 11.2 Å². The van der Waals surface area contributed by atoms with Crippen molar-refractivity contribution in [2.24, 2.45) is 5.84 Å². The summed E-state index contributed by atoms with van der Waals surface area (Å²) in [6.07, 6.45) is -0.913. The van der Waals surface area contributed by atoms with E-state index in [-0.39, 0.29) is 6.42 Å². The standard InChI is InChI=1S/C6H9N3O2S/c7-9-6(11)5(10)1-4-2-12-3-8-4/h2-3,5,10H,1,7H2,(H,9,11)/t5-/m0/s1. The van der Waals surface area contributed by atoms with Gasteiger partial charge in [-0.2, -0.15) is 0 Å². The SMILES string of the molecule is NNC(=O)[C@@H](O)Cc1cscn1. The summed E-state index contributed by atoms with van der Waals surface area (Å²) in [4.78, 5) is 14.6. The van der Waals surface area contributed by atoms with E-state index in [0.29, 0.717) is 5.69 Å². The molecular weight excluding hydrogens is 178 g/mol. The van der Waals surface area contributed by atoms with Gasteiger partial charge in [0.2, 0.25) is 0 Å². The molecular formula is C6H9N3O2S. The number of amides is 1. The number of hydrogen-bond donors (Lipinski definition) is 3. The molecule has 5 nitrogen and oxygen atoms in total. The molecule has 4 N–H and O–H groups in total. The summed E-state index contributed by atoms with van der Waals surface area (Å²) in [5.41, 5.74) is 4.20. The normalized spacial score (nSPS) is 12.5. The third-order valence-electron chi connectivity index (χ3n) is 1.33. The number of nitrogens with two attached hydrogens (primary N) is 1. The number of aromatic nitrogens is 1. The first-order valence-corrected chi connectivity index (χ1v) is 4.24. The maximum absolute atomic E-state index is 10.7. The summed E-state index contributed by atoms with van der Waals surface area (Å²) in [7, 11) is 0. The monoisotopic (exact) mass is 187 g/mol. The predicted molar refractivity (Wildman–Crippen MR) is 44.2 cm³/mol.